The Kier molecular flexibility index (Phi) is 9.41. The van der Waals surface area contributed by atoms with Crippen LogP contribution in [0.1, 0.15) is 26.3 Å². The Balaban J connectivity index is 1.64. The molecule has 9 aromatic carbocycles. The average Bonchev–Trinajstić information content (AvgIpc) is 3.36. The maximum atomic E-state index is 3.90. The number of fused-ring (bicyclic) bond motifs is 14. The van der Waals surface area contributed by atoms with E-state index in [4.69, 9.17) is 0 Å². The van der Waals surface area contributed by atoms with E-state index in [9.17, 15) is 0 Å². The number of nitrogens with zero attached hydrogens (tertiary/aromatic N) is 2. The van der Waals surface area contributed by atoms with Crippen LogP contribution in [0.25, 0.3) is 98.1 Å². The Hall–Kier alpha value is -6.46. The van der Waals surface area contributed by atoms with Crippen molar-refractivity contribution in [3.63, 3.8) is 0 Å². The summed E-state index contributed by atoms with van der Waals surface area (Å²) < 4.78 is 7.07. The van der Waals surface area contributed by atoms with Gasteiger partial charge in [0.2, 0.25) is 0 Å². The van der Waals surface area contributed by atoms with Gasteiger partial charge in [-0.2, -0.15) is 0 Å². The van der Waals surface area contributed by atoms with Crippen LogP contribution >= 0.6 is 31.9 Å². The second kappa shape index (κ2) is 15.2. The van der Waals surface area contributed by atoms with E-state index in [1.165, 1.54) is 70.2 Å². The Bertz CT molecular complexity index is 3530. The van der Waals surface area contributed by atoms with Gasteiger partial charge in [0.25, 0.3) is 0 Å². The molecule has 11 aromatic rings. The van der Waals surface area contributed by atoms with Crippen molar-refractivity contribution in [2.24, 2.45) is 0 Å². The molecule has 2 nitrogen and oxygen atoms in total. The smallest absolute Gasteiger partial charge is 0.0564 e. The van der Waals surface area contributed by atoms with E-state index < -0.39 is 0 Å². The van der Waals surface area contributed by atoms with E-state index in [0.29, 0.717) is 0 Å². The van der Waals surface area contributed by atoms with Crippen molar-refractivity contribution < 1.29 is 0 Å². The van der Waals surface area contributed by atoms with Crippen molar-refractivity contribution >= 4 is 119 Å². The van der Waals surface area contributed by atoms with Crippen LogP contribution in [0.5, 0.6) is 0 Å². The summed E-state index contributed by atoms with van der Waals surface area (Å²) in [7, 11) is 0. The van der Waals surface area contributed by atoms with E-state index in [1.54, 1.807) is 0 Å². The number of rotatable bonds is 2. The van der Waals surface area contributed by atoms with Crippen molar-refractivity contribution in [1.82, 2.24) is 9.13 Å². The molecule has 0 atom stereocenters. The van der Waals surface area contributed by atoms with Crippen LogP contribution < -0.4 is 0 Å². The first-order chi connectivity index (χ1) is 30.3. The first-order valence-corrected chi connectivity index (χ1v) is 22.7. The quantitative estimate of drug-likeness (QED) is 0.163. The lowest BCUT2D eigenvalue weighted by Crippen LogP contribution is -2.14. The van der Waals surface area contributed by atoms with Gasteiger partial charge in [0.05, 0.1) is 22.1 Å². The summed E-state index contributed by atoms with van der Waals surface area (Å²) in [5, 5.41) is 14.4. The van der Waals surface area contributed by atoms with E-state index in [0.717, 1.165) is 42.4 Å². The molecule has 0 saturated carbocycles. The molecular formula is C58H42Br2N2. The monoisotopic (exact) mass is 924 g/mol. The first-order valence-electron chi connectivity index (χ1n) is 21.2. The van der Waals surface area contributed by atoms with Crippen LogP contribution in [-0.2, 0) is 5.41 Å². The summed E-state index contributed by atoms with van der Waals surface area (Å²) in [6, 6.07) is 73.9. The second-order valence-electron chi connectivity index (χ2n) is 17.1. The fourth-order valence-corrected chi connectivity index (χ4v) is 10.7. The molecule has 62 heavy (non-hydrogen) atoms. The third-order valence-corrected chi connectivity index (χ3v) is 13.3. The predicted molar refractivity (Wildman–Crippen MR) is 274 cm³/mol. The fraction of sp³-hybridized carbons (Fsp3) is 0.0690. The van der Waals surface area contributed by atoms with Gasteiger partial charge in [0, 0.05) is 41.9 Å². The molecule has 0 bridgehead atoms. The second-order valence-corrected chi connectivity index (χ2v) is 19.0. The minimum Gasteiger partial charge on any atom is -0.309 e. The van der Waals surface area contributed by atoms with Gasteiger partial charge in [-0.25, -0.2) is 0 Å². The fourth-order valence-electron chi connectivity index (χ4n) is 9.92. The zero-order chi connectivity index (χ0) is 42.1. The molecule has 2 heterocycles. The summed E-state index contributed by atoms with van der Waals surface area (Å²) in [5.41, 5.74) is 7.47. The normalized spacial score (nSPS) is 12.0. The van der Waals surface area contributed by atoms with Crippen molar-refractivity contribution in [3.8, 4) is 11.4 Å². The zero-order valence-electron chi connectivity index (χ0n) is 34.7. The molecule has 11 rings (SSSR count). The summed E-state index contributed by atoms with van der Waals surface area (Å²) in [4.78, 5) is 0. The average molecular weight is 927 g/mol. The number of para-hydroxylation sites is 2. The molecule has 0 aliphatic rings. The van der Waals surface area contributed by atoms with Crippen molar-refractivity contribution in [2.75, 3.05) is 0 Å². The molecule has 0 aliphatic heterocycles. The van der Waals surface area contributed by atoms with Gasteiger partial charge in [-0.1, -0.05) is 198 Å². The highest BCUT2D eigenvalue weighted by molar-refractivity contribution is 9.10. The highest BCUT2D eigenvalue weighted by Gasteiger charge is 2.26. The molecule has 0 spiro atoms. The maximum Gasteiger partial charge on any atom is 0.0564 e. The van der Waals surface area contributed by atoms with Gasteiger partial charge in [-0.05, 0) is 109 Å². The number of halogens is 2. The molecule has 0 amide bonds. The van der Waals surface area contributed by atoms with Crippen molar-refractivity contribution in [1.29, 1.82) is 0 Å². The highest BCUT2D eigenvalue weighted by Crippen LogP contribution is 2.46. The largest absolute Gasteiger partial charge is 0.309 e. The summed E-state index contributed by atoms with van der Waals surface area (Å²) in [5.74, 6) is 0. The van der Waals surface area contributed by atoms with Crippen LogP contribution in [-0.4, -0.2) is 9.13 Å². The minimum atomic E-state index is -0.359. The number of hydrogen-bond acceptors (Lipinski definition) is 0. The van der Waals surface area contributed by atoms with E-state index >= 15 is 0 Å². The van der Waals surface area contributed by atoms with E-state index in [2.05, 4.69) is 262 Å². The number of hydrogen-bond donors (Lipinski definition) is 0. The van der Waals surface area contributed by atoms with Crippen molar-refractivity contribution in [3.05, 3.63) is 215 Å². The summed E-state index contributed by atoms with van der Waals surface area (Å²) >= 11 is 7.80. The van der Waals surface area contributed by atoms with Crippen LogP contribution in [0.2, 0.25) is 0 Å². The minimum absolute atomic E-state index is 0.359. The van der Waals surface area contributed by atoms with Crippen LogP contribution in [0.3, 0.4) is 0 Å². The molecule has 0 saturated heterocycles. The predicted octanol–water partition coefficient (Wildman–Crippen LogP) is 17.6. The van der Waals surface area contributed by atoms with Crippen molar-refractivity contribution in [2.45, 2.75) is 26.2 Å². The molecule has 0 radical (unpaired) electrons. The highest BCUT2D eigenvalue weighted by atomic mass is 79.9. The first kappa shape index (κ1) is 38.5. The summed E-state index contributed by atoms with van der Waals surface area (Å²) in [6.45, 7) is 7.18. The summed E-state index contributed by atoms with van der Waals surface area (Å²) in [6.07, 6.45) is 0. The Morgan fingerprint density at radius 3 is 0.968 bits per heavy atom. The Morgan fingerprint density at radius 1 is 0.306 bits per heavy atom. The lowest BCUT2D eigenvalue weighted by molar-refractivity contribution is 0.601. The molecule has 0 fully saturated rings. The molecule has 0 aliphatic carbocycles. The van der Waals surface area contributed by atoms with Gasteiger partial charge in [-0.3, -0.25) is 0 Å². The zero-order valence-corrected chi connectivity index (χ0v) is 37.9. The lowest BCUT2D eigenvalue weighted by Gasteiger charge is -2.27. The van der Waals surface area contributed by atoms with Crippen LogP contribution in [0, 0.1) is 0 Å². The number of benzene rings is 9. The lowest BCUT2D eigenvalue weighted by atomic mass is 9.79. The molecule has 0 unspecified atom stereocenters. The van der Waals surface area contributed by atoms with E-state index in [1.807, 2.05) is 0 Å². The topological polar surface area (TPSA) is 9.86 Å². The molecule has 4 heteroatoms. The molecule has 2 aromatic heterocycles. The van der Waals surface area contributed by atoms with Gasteiger partial charge in [0.1, 0.15) is 0 Å². The van der Waals surface area contributed by atoms with Crippen LogP contribution in [0.4, 0.5) is 0 Å². The molecular weight excluding hydrogens is 884 g/mol. The Morgan fingerprint density at radius 2 is 0.613 bits per heavy atom. The van der Waals surface area contributed by atoms with Gasteiger partial charge >= 0.3 is 0 Å². The van der Waals surface area contributed by atoms with Gasteiger partial charge < -0.3 is 9.13 Å². The third-order valence-electron chi connectivity index (χ3n) is 12.3. The molecule has 0 N–H and O–H groups in total. The number of aromatic nitrogens is 2. The van der Waals surface area contributed by atoms with Gasteiger partial charge in [0.15, 0.2) is 0 Å². The SMILES string of the molecule is CC(C)(C)c1c2c3ccccc3c3ccccc3c3ccccc3n(-c3cccc(Br)c3)c2cc2c1c1ccccc1c1ccccc1c1ccccc1n2-c1cccc(Br)c1. The Labute approximate surface area is 377 Å². The standard InChI is InChI=1S/C58H42Br2N2/c1-58(2,3)57-55-49-30-10-8-26-45(49)41-22-4-6-24-43(41)47-28-12-14-32-51(47)61(39-20-16-18-37(59)34-39)53(55)36-54-56(57)50-31-11-9-27-46(50)42-23-5-7-25-44(42)48-29-13-15-33-52(48)62(54)40-21-17-19-38(60)35-40/h4-36H,1-3H3. The van der Waals surface area contributed by atoms with Crippen LogP contribution in [0.15, 0.2) is 209 Å². The van der Waals surface area contributed by atoms with Gasteiger partial charge in [-0.15, -0.1) is 0 Å². The molecule has 298 valence electrons. The van der Waals surface area contributed by atoms with E-state index in [-0.39, 0.29) is 5.41 Å². The maximum absolute atomic E-state index is 3.90. The third kappa shape index (κ3) is 6.27.